The number of benzene rings is 2. The Morgan fingerprint density at radius 3 is 2.29 bits per heavy atom. The SMILES string of the molecule is CN1CCN(CCOc2nc3ccccc3nc2C#Cc2ccccc2)CC1. The van der Waals surface area contributed by atoms with Crippen LogP contribution in [0, 0.1) is 11.8 Å². The van der Waals surface area contributed by atoms with Gasteiger partial charge in [-0.15, -0.1) is 0 Å². The van der Waals surface area contributed by atoms with Crippen molar-refractivity contribution in [1.82, 2.24) is 19.8 Å². The predicted molar refractivity (Wildman–Crippen MR) is 111 cm³/mol. The fraction of sp³-hybridized carbons (Fsp3) is 0.304. The molecule has 0 aliphatic carbocycles. The van der Waals surface area contributed by atoms with Crippen LogP contribution in [0.15, 0.2) is 54.6 Å². The first-order chi connectivity index (χ1) is 13.8. The Morgan fingerprint density at radius 1 is 0.857 bits per heavy atom. The van der Waals surface area contributed by atoms with E-state index in [0.717, 1.165) is 49.3 Å². The zero-order valence-electron chi connectivity index (χ0n) is 16.1. The second-order valence-electron chi connectivity index (χ2n) is 6.98. The maximum absolute atomic E-state index is 6.03. The standard InChI is InChI=1S/C23H24N4O/c1-26-13-15-27(16-14-26)17-18-28-23-22(12-11-19-7-3-2-4-8-19)24-20-9-5-6-10-21(20)25-23/h2-10H,13-18H2,1H3. The van der Waals surface area contributed by atoms with Crippen LogP contribution in [0.25, 0.3) is 11.0 Å². The number of piperazine rings is 1. The molecule has 0 amide bonds. The molecule has 1 saturated heterocycles. The van der Waals surface area contributed by atoms with E-state index in [0.29, 0.717) is 18.2 Å². The third-order valence-corrected chi connectivity index (χ3v) is 4.88. The van der Waals surface area contributed by atoms with Crippen molar-refractivity contribution in [3.63, 3.8) is 0 Å². The molecule has 0 unspecified atom stereocenters. The molecule has 0 saturated carbocycles. The summed E-state index contributed by atoms with van der Waals surface area (Å²) < 4.78 is 6.03. The number of aromatic nitrogens is 2. The van der Waals surface area contributed by atoms with Crippen LogP contribution in [-0.4, -0.2) is 66.1 Å². The van der Waals surface area contributed by atoms with Crippen LogP contribution < -0.4 is 4.74 Å². The summed E-state index contributed by atoms with van der Waals surface area (Å²) in [6.07, 6.45) is 0. The largest absolute Gasteiger partial charge is 0.474 e. The molecule has 0 N–H and O–H groups in total. The first-order valence-corrected chi connectivity index (χ1v) is 9.65. The third-order valence-electron chi connectivity index (χ3n) is 4.88. The molecule has 5 heteroatoms. The molecule has 2 aromatic carbocycles. The average molecular weight is 372 g/mol. The van der Waals surface area contributed by atoms with Gasteiger partial charge in [0, 0.05) is 38.3 Å². The van der Waals surface area contributed by atoms with Gasteiger partial charge in [-0.1, -0.05) is 36.3 Å². The molecular weight excluding hydrogens is 348 g/mol. The summed E-state index contributed by atoms with van der Waals surface area (Å²) >= 11 is 0. The van der Waals surface area contributed by atoms with Crippen molar-refractivity contribution in [1.29, 1.82) is 0 Å². The van der Waals surface area contributed by atoms with Crippen molar-refractivity contribution >= 4 is 11.0 Å². The molecule has 3 aromatic rings. The first kappa shape index (κ1) is 18.4. The monoisotopic (exact) mass is 372 g/mol. The number of fused-ring (bicyclic) bond motifs is 1. The zero-order chi connectivity index (χ0) is 19.2. The van der Waals surface area contributed by atoms with Crippen LogP contribution in [-0.2, 0) is 0 Å². The van der Waals surface area contributed by atoms with E-state index in [4.69, 9.17) is 4.74 Å². The highest BCUT2D eigenvalue weighted by Gasteiger charge is 2.14. The Balaban J connectivity index is 1.52. The highest BCUT2D eigenvalue weighted by Crippen LogP contribution is 2.18. The summed E-state index contributed by atoms with van der Waals surface area (Å²) in [7, 11) is 2.16. The molecule has 0 spiro atoms. The highest BCUT2D eigenvalue weighted by atomic mass is 16.5. The molecule has 0 radical (unpaired) electrons. The second kappa shape index (κ2) is 8.83. The Labute approximate surface area is 166 Å². The van der Waals surface area contributed by atoms with Crippen LogP contribution in [0.4, 0.5) is 0 Å². The number of rotatable bonds is 4. The molecule has 28 heavy (non-hydrogen) atoms. The molecule has 0 bridgehead atoms. The van der Waals surface area contributed by atoms with Crippen LogP contribution in [0.3, 0.4) is 0 Å². The lowest BCUT2D eigenvalue weighted by Crippen LogP contribution is -2.45. The van der Waals surface area contributed by atoms with Gasteiger partial charge in [0.1, 0.15) is 6.61 Å². The molecule has 5 nitrogen and oxygen atoms in total. The summed E-state index contributed by atoms with van der Waals surface area (Å²) in [5.41, 5.74) is 3.18. The third kappa shape index (κ3) is 4.66. The smallest absolute Gasteiger partial charge is 0.249 e. The van der Waals surface area contributed by atoms with Crippen LogP contribution in [0.2, 0.25) is 0 Å². The quantitative estimate of drug-likeness (QED) is 0.659. The van der Waals surface area contributed by atoms with Crippen molar-refractivity contribution in [2.24, 2.45) is 0 Å². The summed E-state index contributed by atoms with van der Waals surface area (Å²) in [6, 6.07) is 17.7. The minimum atomic E-state index is 0.510. The van der Waals surface area contributed by atoms with E-state index in [1.807, 2.05) is 54.6 Å². The summed E-state index contributed by atoms with van der Waals surface area (Å²) in [5.74, 6) is 6.82. The number of likely N-dealkylation sites (N-methyl/N-ethyl adjacent to an activating group) is 1. The number of hydrogen-bond acceptors (Lipinski definition) is 5. The fourth-order valence-corrected chi connectivity index (χ4v) is 3.16. The molecule has 142 valence electrons. The maximum Gasteiger partial charge on any atom is 0.249 e. The number of nitrogens with zero attached hydrogens (tertiary/aromatic N) is 4. The molecule has 2 heterocycles. The number of hydrogen-bond donors (Lipinski definition) is 0. The van der Waals surface area contributed by atoms with Crippen molar-refractivity contribution in [2.75, 3.05) is 46.4 Å². The van der Waals surface area contributed by atoms with E-state index < -0.39 is 0 Å². The summed E-state index contributed by atoms with van der Waals surface area (Å²) in [4.78, 5) is 14.1. The number of para-hydroxylation sites is 2. The topological polar surface area (TPSA) is 41.5 Å². The van der Waals surface area contributed by atoms with E-state index in [2.05, 4.69) is 38.7 Å². The maximum atomic E-state index is 6.03. The van der Waals surface area contributed by atoms with Crippen molar-refractivity contribution < 1.29 is 4.74 Å². The van der Waals surface area contributed by atoms with Gasteiger partial charge in [0.15, 0.2) is 5.69 Å². The Kier molecular flexibility index (Phi) is 5.81. The lowest BCUT2D eigenvalue weighted by atomic mass is 10.2. The molecule has 4 rings (SSSR count). The molecule has 0 atom stereocenters. The summed E-state index contributed by atoms with van der Waals surface area (Å²) in [5, 5.41) is 0. The Hall–Kier alpha value is -2.94. The van der Waals surface area contributed by atoms with Gasteiger partial charge < -0.3 is 9.64 Å². The lowest BCUT2D eigenvalue weighted by Gasteiger charge is -2.32. The normalized spacial score (nSPS) is 15.2. The average Bonchev–Trinajstić information content (AvgIpc) is 2.74. The van der Waals surface area contributed by atoms with Crippen LogP contribution >= 0.6 is 0 Å². The Morgan fingerprint density at radius 2 is 1.54 bits per heavy atom. The van der Waals surface area contributed by atoms with Crippen molar-refractivity contribution in [3.05, 3.63) is 65.9 Å². The Bertz CT molecular complexity index is 986. The van der Waals surface area contributed by atoms with Gasteiger partial charge in [0.2, 0.25) is 5.88 Å². The zero-order valence-corrected chi connectivity index (χ0v) is 16.1. The molecule has 1 aromatic heterocycles. The minimum Gasteiger partial charge on any atom is -0.474 e. The lowest BCUT2D eigenvalue weighted by molar-refractivity contribution is 0.132. The van der Waals surface area contributed by atoms with E-state index in [1.54, 1.807) is 0 Å². The van der Waals surface area contributed by atoms with E-state index >= 15 is 0 Å². The first-order valence-electron chi connectivity index (χ1n) is 9.65. The van der Waals surface area contributed by atoms with Crippen molar-refractivity contribution in [3.8, 4) is 17.7 Å². The van der Waals surface area contributed by atoms with Gasteiger partial charge in [-0.25, -0.2) is 9.97 Å². The van der Waals surface area contributed by atoms with E-state index in [-0.39, 0.29) is 0 Å². The van der Waals surface area contributed by atoms with Gasteiger partial charge in [-0.3, -0.25) is 4.90 Å². The van der Waals surface area contributed by atoms with Gasteiger partial charge >= 0.3 is 0 Å². The molecule has 1 aliphatic rings. The molecule has 1 fully saturated rings. The predicted octanol–water partition coefficient (Wildman–Crippen LogP) is 2.66. The van der Waals surface area contributed by atoms with E-state index in [9.17, 15) is 0 Å². The van der Waals surface area contributed by atoms with Crippen LogP contribution in [0.1, 0.15) is 11.3 Å². The van der Waals surface area contributed by atoms with Gasteiger partial charge in [0.25, 0.3) is 0 Å². The van der Waals surface area contributed by atoms with Crippen LogP contribution in [0.5, 0.6) is 5.88 Å². The van der Waals surface area contributed by atoms with Gasteiger partial charge in [-0.2, -0.15) is 0 Å². The second-order valence-corrected chi connectivity index (χ2v) is 6.98. The number of ether oxygens (including phenoxy) is 1. The molecule has 1 aliphatic heterocycles. The summed E-state index contributed by atoms with van der Waals surface area (Å²) in [6.45, 7) is 5.81. The fourth-order valence-electron chi connectivity index (χ4n) is 3.16. The van der Waals surface area contributed by atoms with Gasteiger partial charge in [-0.05, 0) is 37.2 Å². The highest BCUT2D eigenvalue weighted by molar-refractivity contribution is 5.75. The van der Waals surface area contributed by atoms with Gasteiger partial charge in [0.05, 0.1) is 11.0 Å². The van der Waals surface area contributed by atoms with E-state index in [1.165, 1.54) is 0 Å². The minimum absolute atomic E-state index is 0.510. The van der Waals surface area contributed by atoms with Crippen molar-refractivity contribution in [2.45, 2.75) is 0 Å². The molecular formula is C23H24N4O.